The number of nitrogens with zero attached hydrogens (tertiary/aromatic N) is 1. The van der Waals surface area contributed by atoms with Crippen LogP contribution in [-0.4, -0.2) is 5.54 Å². The average Bonchev–Trinajstić information content (AvgIpc) is 3.25. The van der Waals surface area contributed by atoms with E-state index in [9.17, 15) is 0 Å². The smallest absolute Gasteiger partial charge is 0.0492 e. The number of benzene rings is 4. The fourth-order valence-electron chi connectivity index (χ4n) is 6.34. The third kappa shape index (κ3) is 5.88. The minimum atomic E-state index is -0.113. The predicted molar refractivity (Wildman–Crippen MR) is 187 cm³/mol. The summed E-state index contributed by atoms with van der Waals surface area (Å²) in [4.78, 5) is 2.55. The summed E-state index contributed by atoms with van der Waals surface area (Å²) in [6, 6.07) is 33.8. The van der Waals surface area contributed by atoms with Crippen molar-refractivity contribution in [2.24, 2.45) is 0 Å². The Morgan fingerprint density at radius 1 is 0.643 bits per heavy atom. The maximum absolute atomic E-state index is 2.55. The van der Waals surface area contributed by atoms with Crippen molar-refractivity contribution in [1.29, 1.82) is 0 Å². The summed E-state index contributed by atoms with van der Waals surface area (Å²) >= 11 is 0. The molecule has 2 aliphatic carbocycles. The number of allylic oxidation sites excluding steroid dienone is 4. The van der Waals surface area contributed by atoms with E-state index >= 15 is 0 Å². The quantitative estimate of drug-likeness (QED) is 0.242. The van der Waals surface area contributed by atoms with E-state index in [2.05, 4.69) is 149 Å². The summed E-state index contributed by atoms with van der Waals surface area (Å²) in [5.74, 6) is 0. The molecule has 0 spiro atoms. The van der Waals surface area contributed by atoms with Crippen molar-refractivity contribution in [2.45, 2.75) is 86.1 Å². The second-order valence-electron chi connectivity index (χ2n) is 12.2. The minimum absolute atomic E-state index is 0.0256. The zero-order valence-corrected chi connectivity index (χ0v) is 27.3. The molecule has 0 amide bonds. The number of fused-ring (bicyclic) bond motifs is 3. The average molecular weight is 556 g/mol. The highest BCUT2D eigenvalue weighted by molar-refractivity contribution is 5.88. The molecule has 4 aromatic rings. The van der Waals surface area contributed by atoms with Crippen molar-refractivity contribution >= 4 is 16.9 Å². The first-order valence-electron chi connectivity index (χ1n) is 15.9. The second-order valence-corrected chi connectivity index (χ2v) is 12.2. The van der Waals surface area contributed by atoms with Crippen LogP contribution < -0.4 is 4.90 Å². The first kappa shape index (κ1) is 31.1. The molecule has 2 aliphatic rings. The Morgan fingerprint density at radius 3 is 1.98 bits per heavy atom. The number of hydrogen-bond donors (Lipinski definition) is 0. The molecule has 0 aliphatic heterocycles. The van der Waals surface area contributed by atoms with Crippen LogP contribution in [0.3, 0.4) is 0 Å². The Hall–Kier alpha value is -3.84. The molecule has 1 heteroatoms. The van der Waals surface area contributed by atoms with Crippen LogP contribution in [0.25, 0.3) is 27.8 Å². The van der Waals surface area contributed by atoms with Crippen LogP contribution in [0.5, 0.6) is 0 Å². The van der Waals surface area contributed by atoms with Crippen LogP contribution >= 0.6 is 0 Å². The van der Waals surface area contributed by atoms with Crippen molar-refractivity contribution in [2.75, 3.05) is 4.90 Å². The van der Waals surface area contributed by atoms with Crippen molar-refractivity contribution in [3.05, 3.63) is 126 Å². The highest BCUT2D eigenvalue weighted by atomic mass is 15.2. The van der Waals surface area contributed by atoms with Gasteiger partial charge < -0.3 is 4.90 Å². The molecule has 0 heterocycles. The van der Waals surface area contributed by atoms with Gasteiger partial charge in [-0.3, -0.25) is 0 Å². The Morgan fingerprint density at radius 2 is 1.31 bits per heavy atom. The first-order chi connectivity index (χ1) is 20.2. The van der Waals surface area contributed by atoms with Crippen LogP contribution in [-0.2, 0) is 5.41 Å². The van der Waals surface area contributed by atoms with E-state index in [1.807, 2.05) is 27.7 Å². The van der Waals surface area contributed by atoms with E-state index in [1.54, 1.807) is 0 Å². The Balaban J connectivity index is 0.000000972. The molecule has 4 aromatic carbocycles. The molecule has 218 valence electrons. The van der Waals surface area contributed by atoms with E-state index in [0.717, 1.165) is 12.8 Å². The van der Waals surface area contributed by atoms with Gasteiger partial charge in [-0.25, -0.2) is 0 Å². The number of hydrogen-bond acceptors (Lipinski definition) is 1. The molecule has 0 bridgehead atoms. The van der Waals surface area contributed by atoms with Gasteiger partial charge in [-0.05, 0) is 96.8 Å². The largest absolute Gasteiger partial charge is 0.336 e. The van der Waals surface area contributed by atoms with Gasteiger partial charge in [0.1, 0.15) is 0 Å². The van der Waals surface area contributed by atoms with Crippen LogP contribution in [0, 0.1) is 0 Å². The van der Waals surface area contributed by atoms with Gasteiger partial charge in [0, 0.05) is 27.9 Å². The zero-order valence-electron chi connectivity index (χ0n) is 27.3. The monoisotopic (exact) mass is 555 g/mol. The summed E-state index contributed by atoms with van der Waals surface area (Å²) < 4.78 is 0. The SMILES string of the molecule is CC.CC.CC1(C)c2ccccc2-c2ccc(N(c3ccc(-c4ccccc4)cc3C3=CC=CCC3)C(C)(C)C)cc21. The molecule has 1 nitrogen and oxygen atoms in total. The van der Waals surface area contributed by atoms with E-state index in [0.29, 0.717) is 0 Å². The lowest BCUT2D eigenvalue weighted by Crippen LogP contribution is -2.38. The Kier molecular flexibility index (Phi) is 9.62. The standard InChI is InChI=1S/C37H37N.2C2H6/c1-36(2,3)38(29-21-22-31-30-18-12-13-19-33(30)37(4,5)34(31)25-29)35-23-20-28(26-14-8-6-9-15-26)24-32(35)27-16-10-7-11-17-27;2*1-2/h6-10,12-16,18-25H,11,17H2,1-5H3;2*1-2H3. The van der Waals surface area contributed by atoms with Crippen LogP contribution in [0.2, 0.25) is 0 Å². The Bertz CT molecular complexity index is 1560. The lowest BCUT2D eigenvalue weighted by Gasteiger charge is -2.40. The lowest BCUT2D eigenvalue weighted by molar-refractivity contribution is 0.559. The van der Waals surface area contributed by atoms with E-state index < -0.39 is 0 Å². The van der Waals surface area contributed by atoms with E-state index in [-0.39, 0.29) is 11.0 Å². The molecule has 0 unspecified atom stereocenters. The van der Waals surface area contributed by atoms with Crippen molar-refractivity contribution in [1.82, 2.24) is 0 Å². The molecular weight excluding hydrogens is 506 g/mol. The lowest BCUT2D eigenvalue weighted by atomic mass is 9.82. The van der Waals surface area contributed by atoms with Gasteiger partial charge in [0.25, 0.3) is 0 Å². The van der Waals surface area contributed by atoms with Gasteiger partial charge in [-0.1, -0.05) is 127 Å². The van der Waals surface area contributed by atoms with Crippen LogP contribution in [0.1, 0.15) is 91.8 Å². The normalized spacial score (nSPS) is 14.4. The highest BCUT2D eigenvalue weighted by Crippen LogP contribution is 2.51. The second kappa shape index (κ2) is 13.0. The third-order valence-corrected chi connectivity index (χ3v) is 8.20. The molecule has 6 rings (SSSR count). The van der Waals surface area contributed by atoms with E-state index in [4.69, 9.17) is 0 Å². The molecule has 42 heavy (non-hydrogen) atoms. The van der Waals surface area contributed by atoms with Gasteiger partial charge >= 0.3 is 0 Å². The molecule has 0 atom stereocenters. The topological polar surface area (TPSA) is 3.24 Å². The van der Waals surface area contributed by atoms with Gasteiger partial charge in [0.15, 0.2) is 0 Å². The van der Waals surface area contributed by atoms with Gasteiger partial charge in [-0.15, -0.1) is 0 Å². The number of anilines is 2. The zero-order chi connectivity index (χ0) is 30.5. The summed E-state index contributed by atoms with van der Waals surface area (Å²) in [5.41, 5.74) is 13.2. The number of rotatable bonds is 4. The minimum Gasteiger partial charge on any atom is -0.336 e. The molecule has 0 aromatic heterocycles. The van der Waals surface area contributed by atoms with E-state index in [1.165, 1.54) is 55.9 Å². The highest BCUT2D eigenvalue weighted by Gasteiger charge is 2.36. The molecule has 0 saturated carbocycles. The molecule has 0 fully saturated rings. The fraction of sp³-hybridized carbons (Fsp3) is 0.317. The first-order valence-corrected chi connectivity index (χ1v) is 15.9. The Labute approximate surface area is 255 Å². The predicted octanol–water partition coefficient (Wildman–Crippen LogP) is 12.4. The summed E-state index contributed by atoms with van der Waals surface area (Å²) in [6.07, 6.45) is 8.94. The van der Waals surface area contributed by atoms with Crippen molar-refractivity contribution < 1.29 is 0 Å². The maximum atomic E-state index is 2.55. The maximum Gasteiger partial charge on any atom is 0.0492 e. The van der Waals surface area contributed by atoms with Crippen molar-refractivity contribution in [3.8, 4) is 22.3 Å². The summed E-state index contributed by atoms with van der Waals surface area (Å²) in [6.45, 7) is 19.7. The molecule has 0 saturated heterocycles. The summed E-state index contributed by atoms with van der Waals surface area (Å²) in [7, 11) is 0. The molecular formula is C41H49N. The summed E-state index contributed by atoms with van der Waals surface area (Å²) in [5, 5.41) is 0. The van der Waals surface area contributed by atoms with Crippen LogP contribution in [0.15, 0.2) is 109 Å². The molecule has 0 N–H and O–H groups in total. The fourth-order valence-corrected chi connectivity index (χ4v) is 6.34. The van der Waals surface area contributed by atoms with Gasteiger partial charge in [0.2, 0.25) is 0 Å². The van der Waals surface area contributed by atoms with Gasteiger partial charge in [-0.2, -0.15) is 0 Å². The molecule has 0 radical (unpaired) electrons. The van der Waals surface area contributed by atoms with Crippen molar-refractivity contribution in [3.63, 3.8) is 0 Å². The van der Waals surface area contributed by atoms with Crippen LogP contribution in [0.4, 0.5) is 11.4 Å². The third-order valence-electron chi connectivity index (χ3n) is 8.20. The van der Waals surface area contributed by atoms with Gasteiger partial charge in [0.05, 0.1) is 0 Å².